The van der Waals surface area contributed by atoms with Crippen LogP contribution >= 0.6 is 0 Å². The summed E-state index contributed by atoms with van der Waals surface area (Å²) in [6.07, 6.45) is 5.20. The van der Waals surface area contributed by atoms with Crippen LogP contribution in [-0.2, 0) is 6.42 Å². The maximum absolute atomic E-state index is 13.5. The number of benzene rings is 1. The lowest BCUT2D eigenvalue weighted by atomic mass is 10.0. The van der Waals surface area contributed by atoms with Gasteiger partial charge < -0.3 is 10.0 Å². The van der Waals surface area contributed by atoms with E-state index in [4.69, 9.17) is 0 Å². The quantitative estimate of drug-likeness (QED) is 0.903. The van der Waals surface area contributed by atoms with Gasteiger partial charge in [0.15, 0.2) is 0 Å². The summed E-state index contributed by atoms with van der Waals surface area (Å²) in [6, 6.07) is 4.13. The summed E-state index contributed by atoms with van der Waals surface area (Å²) in [4.78, 5) is 22.5. The van der Waals surface area contributed by atoms with Crippen molar-refractivity contribution in [1.82, 2.24) is 14.9 Å². The first-order valence-electron chi connectivity index (χ1n) is 8.52. The highest BCUT2D eigenvalue weighted by Gasteiger charge is 2.24. The molecule has 25 heavy (non-hydrogen) atoms. The van der Waals surface area contributed by atoms with E-state index in [0.29, 0.717) is 17.7 Å². The second-order valence-electron chi connectivity index (χ2n) is 6.84. The zero-order chi connectivity index (χ0) is 18.0. The van der Waals surface area contributed by atoms with Crippen molar-refractivity contribution in [3.05, 3.63) is 47.7 Å². The van der Waals surface area contributed by atoms with E-state index >= 15 is 0 Å². The summed E-state index contributed by atoms with van der Waals surface area (Å²) in [6.45, 7) is 6.58. The minimum absolute atomic E-state index is 0.0202. The average Bonchev–Trinajstić information content (AvgIpc) is 3.04. The number of aromatic carboxylic acids is 1. The highest BCUT2D eigenvalue weighted by atomic mass is 19.1. The van der Waals surface area contributed by atoms with E-state index in [0.717, 1.165) is 37.7 Å². The molecule has 2 aromatic rings. The molecule has 0 radical (unpaired) electrons. The summed E-state index contributed by atoms with van der Waals surface area (Å²) in [5.74, 6) is -1.04. The van der Waals surface area contributed by atoms with E-state index in [2.05, 4.69) is 28.7 Å². The third-order valence-electron chi connectivity index (χ3n) is 4.74. The van der Waals surface area contributed by atoms with Crippen LogP contribution in [0.25, 0.3) is 11.3 Å². The third kappa shape index (κ3) is 4.02. The number of halogens is 1. The molecule has 0 bridgehead atoms. The molecular weight excluding hydrogens is 321 g/mol. The fourth-order valence-corrected chi connectivity index (χ4v) is 3.31. The highest BCUT2D eigenvalue weighted by Crippen LogP contribution is 2.24. The Hall–Kier alpha value is -2.34. The van der Waals surface area contributed by atoms with Crippen molar-refractivity contribution in [2.24, 2.45) is 5.92 Å². The molecule has 6 heteroatoms. The van der Waals surface area contributed by atoms with Gasteiger partial charge in [-0.25, -0.2) is 9.18 Å². The number of carboxylic acid groups (broad SMARTS) is 1. The molecule has 3 rings (SSSR count). The van der Waals surface area contributed by atoms with Crippen LogP contribution in [0.1, 0.15) is 36.3 Å². The summed E-state index contributed by atoms with van der Waals surface area (Å²) >= 11 is 0. The topological polar surface area (TPSA) is 66.3 Å². The van der Waals surface area contributed by atoms with Crippen LogP contribution in [0.15, 0.2) is 30.6 Å². The Morgan fingerprint density at radius 3 is 2.76 bits per heavy atom. The van der Waals surface area contributed by atoms with Gasteiger partial charge >= 0.3 is 5.97 Å². The van der Waals surface area contributed by atoms with Gasteiger partial charge in [0.1, 0.15) is 5.82 Å². The van der Waals surface area contributed by atoms with Crippen LogP contribution < -0.4 is 0 Å². The molecule has 0 amide bonds. The summed E-state index contributed by atoms with van der Waals surface area (Å²) in [5.41, 5.74) is 1.52. The Labute approximate surface area is 146 Å². The van der Waals surface area contributed by atoms with E-state index in [9.17, 15) is 14.3 Å². The number of nitrogens with zero attached hydrogens (tertiary/aromatic N) is 3. The molecule has 0 aliphatic carbocycles. The molecule has 1 atom stereocenters. The van der Waals surface area contributed by atoms with Gasteiger partial charge in [0.2, 0.25) is 0 Å². The zero-order valence-corrected chi connectivity index (χ0v) is 14.4. The highest BCUT2D eigenvalue weighted by molar-refractivity contribution is 5.95. The number of rotatable bonds is 5. The first-order chi connectivity index (χ1) is 11.9. The van der Waals surface area contributed by atoms with Crippen molar-refractivity contribution in [1.29, 1.82) is 0 Å². The summed E-state index contributed by atoms with van der Waals surface area (Å²) in [5, 5.41) is 9.26. The van der Waals surface area contributed by atoms with Crippen LogP contribution in [0.5, 0.6) is 0 Å². The predicted molar refractivity (Wildman–Crippen MR) is 92.9 cm³/mol. The van der Waals surface area contributed by atoms with Crippen LogP contribution in [0.2, 0.25) is 0 Å². The molecular formula is C19H22FN3O2. The molecule has 1 fully saturated rings. The van der Waals surface area contributed by atoms with Crippen LogP contribution in [0.3, 0.4) is 0 Å². The van der Waals surface area contributed by atoms with Crippen molar-refractivity contribution < 1.29 is 14.3 Å². The average molecular weight is 343 g/mol. The van der Waals surface area contributed by atoms with Gasteiger partial charge in [0.05, 0.1) is 23.1 Å². The van der Waals surface area contributed by atoms with E-state index < -0.39 is 11.8 Å². The van der Waals surface area contributed by atoms with E-state index in [1.165, 1.54) is 18.3 Å². The fraction of sp³-hybridized carbons (Fsp3) is 0.421. The van der Waals surface area contributed by atoms with E-state index in [-0.39, 0.29) is 11.1 Å². The number of hydrogen-bond acceptors (Lipinski definition) is 4. The Kier molecular flexibility index (Phi) is 5.08. The lowest BCUT2D eigenvalue weighted by molar-refractivity contribution is 0.0697. The number of carboxylic acids is 1. The molecule has 1 aliphatic heterocycles. The number of carbonyl (C=O) groups is 1. The Bertz CT molecular complexity index is 762. The van der Waals surface area contributed by atoms with Crippen LogP contribution in [-0.4, -0.2) is 45.1 Å². The van der Waals surface area contributed by atoms with Gasteiger partial charge in [-0.3, -0.25) is 9.97 Å². The van der Waals surface area contributed by atoms with Gasteiger partial charge in [0, 0.05) is 24.3 Å². The molecule has 1 aromatic carbocycles. The standard InChI is InChI=1S/C19H22FN3O2/c1-12(2)23-6-5-13(11-23)7-15-9-22-18(10-21-15)17-8-14(20)3-4-16(17)19(24)25/h3-4,8-10,12-13H,5-7,11H2,1-2H3,(H,24,25)/t13-/m1/s1. The van der Waals surface area contributed by atoms with Gasteiger partial charge in [0.25, 0.3) is 0 Å². The van der Waals surface area contributed by atoms with E-state index in [1.807, 2.05) is 0 Å². The molecule has 2 heterocycles. The zero-order valence-electron chi connectivity index (χ0n) is 14.4. The first-order valence-corrected chi connectivity index (χ1v) is 8.52. The van der Waals surface area contributed by atoms with Crippen molar-refractivity contribution >= 4 is 5.97 Å². The van der Waals surface area contributed by atoms with Gasteiger partial charge in [-0.15, -0.1) is 0 Å². The molecule has 1 aromatic heterocycles. The maximum Gasteiger partial charge on any atom is 0.336 e. The third-order valence-corrected chi connectivity index (χ3v) is 4.74. The van der Waals surface area contributed by atoms with Crippen molar-refractivity contribution in [2.45, 2.75) is 32.7 Å². The van der Waals surface area contributed by atoms with Crippen molar-refractivity contribution in [3.63, 3.8) is 0 Å². The fourth-order valence-electron chi connectivity index (χ4n) is 3.31. The van der Waals surface area contributed by atoms with Crippen molar-refractivity contribution in [3.8, 4) is 11.3 Å². The molecule has 132 valence electrons. The Morgan fingerprint density at radius 2 is 2.16 bits per heavy atom. The van der Waals surface area contributed by atoms with Crippen LogP contribution in [0, 0.1) is 11.7 Å². The monoisotopic (exact) mass is 343 g/mol. The number of likely N-dealkylation sites (tertiary alicyclic amines) is 1. The molecule has 5 nitrogen and oxygen atoms in total. The molecule has 0 saturated carbocycles. The van der Waals surface area contributed by atoms with Gasteiger partial charge in [-0.1, -0.05) is 0 Å². The first kappa shape index (κ1) is 17.5. The van der Waals surface area contributed by atoms with Crippen molar-refractivity contribution in [2.75, 3.05) is 13.1 Å². The minimum atomic E-state index is -1.11. The number of aromatic nitrogens is 2. The molecule has 1 saturated heterocycles. The van der Waals surface area contributed by atoms with Gasteiger partial charge in [-0.05, 0) is 57.4 Å². The summed E-state index contributed by atoms with van der Waals surface area (Å²) in [7, 11) is 0. The largest absolute Gasteiger partial charge is 0.478 e. The second kappa shape index (κ2) is 7.27. The van der Waals surface area contributed by atoms with E-state index in [1.54, 1.807) is 6.20 Å². The lowest BCUT2D eigenvalue weighted by Gasteiger charge is -2.20. The molecule has 1 aliphatic rings. The van der Waals surface area contributed by atoms with Crippen LogP contribution in [0.4, 0.5) is 4.39 Å². The Balaban J connectivity index is 1.75. The molecule has 0 unspecified atom stereocenters. The summed E-state index contributed by atoms with van der Waals surface area (Å²) < 4.78 is 13.5. The molecule has 0 spiro atoms. The second-order valence-corrected chi connectivity index (χ2v) is 6.84. The number of hydrogen-bond donors (Lipinski definition) is 1. The minimum Gasteiger partial charge on any atom is -0.478 e. The molecule has 1 N–H and O–H groups in total. The predicted octanol–water partition coefficient (Wildman–Crippen LogP) is 3.25. The normalized spacial score (nSPS) is 18.0. The lowest BCUT2D eigenvalue weighted by Crippen LogP contribution is -2.28. The smallest absolute Gasteiger partial charge is 0.336 e. The Morgan fingerprint density at radius 1 is 1.36 bits per heavy atom. The van der Waals surface area contributed by atoms with Gasteiger partial charge in [-0.2, -0.15) is 0 Å². The maximum atomic E-state index is 13.5. The SMILES string of the molecule is CC(C)N1CC[C@H](Cc2cnc(-c3cc(F)ccc3C(=O)O)cn2)C1.